The van der Waals surface area contributed by atoms with Gasteiger partial charge < -0.3 is 22.6 Å². The highest BCUT2D eigenvalue weighted by Crippen LogP contribution is 2.31. The molecule has 1 unspecified atom stereocenters. The molecule has 0 aliphatic heterocycles. The van der Waals surface area contributed by atoms with Gasteiger partial charge in [0, 0.05) is 12.0 Å². The van der Waals surface area contributed by atoms with Crippen molar-refractivity contribution in [2.24, 2.45) is 11.5 Å². The number of quaternary nitrogens is 1. The number of hydrogen-bond donors (Lipinski definition) is 2. The van der Waals surface area contributed by atoms with E-state index in [1.54, 1.807) is 0 Å². The molecule has 4 nitrogen and oxygen atoms in total. The Morgan fingerprint density at radius 2 is 1.95 bits per heavy atom. The lowest BCUT2D eigenvalue weighted by Crippen LogP contribution is -3.00. The van der Waals surface area contributed by atoms with E-state index < -0.39 is 5.66 Å². The summed E-state index contributed by atoms with van der Waals surface area (Å²) in [5.41, 5.74) is 12.9. The fraction of sp³-hybridized carbons (Fsp3) is 0.438. The first-order chi connectivity index (χ1) is 9.31. The van der Waals surface area contributed by atoms with E-state index in [1.807, 2.05) is 45.3 Å². The standard InChI is InChI=1S/C16H26N3O.ClH/c1-5-15(20)16(18,19(3,4)12-8-11-17)14-10-7-6-9-13(14)2;/h5-7,9-10H,1,8,11-12,17-18H2,2-4H3;1H/q+1;/p-1. The van der Waals surface area contributed by atoms with Crippen LogP contribution in [0.5, 0.6) is 0 Å². The van der Waals surface area contributed by atoms with Gasteiger partial charge in [-0.2, -0.15) is 0 Å². The molecule has 0 saturated carbocycles. The summed E-state index contributed by atoms with van der Waals surface area (Å²) in [4.78, 5) is 12.5. The Bertz CT molecular complexity index is 502. The second-order valence-corrected chi connectivity index (χ2v) is 5.70. The van der Waals surface area contributed by atoms with Crippen molar-refractivity contribution >= 4 is 5.78 Å². The number of carbonyl (C=O) groups excluding carboxylic acids is 1. The Morgan fingerprint density at radius 3 is 2.43 bits per heavy atom. The molecule has 1 atom stereocenters. The quantitative estimate of drug-likeness (QED) is 0.358. The molecule has 0 heterocycles. The average molecular weight is 312 g/mol. The topological polar surface area (TPSA) is 69.1 Å². The van der Waals surface area contributed by atoms with E-state index in [4.69, 9.17) is 11.5 Å². The minimum atomic E-state index is -1.14. The van der Waals surface area contributed by atoms with Gasteiger partial charge in [0.15, 0.2) is 0 Å². The van der Waals surface area contributed by atoms with Crippen LogP contribution in [0, 0.1) is 6.92 Å². The summed E-state index contributed by atoms with van der Waals surface area (Å²) in [6.45, 7) is 6.88. The van der Waals surface area contributed by atoms with Gasteiger partial charge in [-0.15, -0.1) is 0 Å². The van der Waals surface area contributed by atoms with Crippen LogP contribution in [0.25, 0.3) is 0 Å². The van der Waals surface area contributed by atoms with Crippen molar-refractivity contribution in [2.75, 3.05) is 27.2 Å². The van der Waals surface area contributed by atoms with Gasteiger partial charge in [-0.3, -0.25) is 10.5 Å². The molecule has 0 aliphatic carbocycles. The molecule has 0 aromatic heterocycles. The van der Waals surface area contributed by atoms with Crippen molar-refractivity contribution in [1.82, 2.24) is 0 Å². The highest BCUT2D eigenvalue weighted by Gasteiger charge is 2.49. The zero-order valence-electron chi connectivity index (χ0n) is 13.1. The van der Waals surface area contributed by atoms with E-state index >= 15 is 0 Å². The summed E-state index contributed by atoms with van der Waals surface area (Å²) in [5.74, 6) is -0.172. The zero-order valence-corrected chi connectivity index (χ0v) is 13.9. The first kappa shape index (κ1) is 19.8. The molecule has 0 saturated heterocycles. The van der Waals surface area contributed by atoms with E-state index in [0.29, 0.717) is 11.0 Å². The van der Waals surface area contributed by atoms with Gasteiger partial charge in [-0.25, -0.2) is 0 Å². The minimum Gasteiger partial charge on any atom is -1.00 e. The number of ketones is 1. The second-order valence-electron chi connectivity index (χ2n) is 5.70. The molecule has 5 heteroatoms. The smallest absolute Gasteiger partial charge is 0.240 e. The van der Waals surface area contributed by atoms with Gasteiger partial charge in [0.05, 0.1) is 20.6 Å². The van der Waals surface area contributed by atoms with Crippen LogP contribution in [0.3, 0.4) is 0 Å². The predicted molar refractivity (Wildman–Crippen MR) is 82.9 cm³/mol. The summed E-state index contributed by atoms with van der Waals surface area (Å²) >= 11 is 0. The largest absolute Gasteiger partial charge is 1.00 e. The SMILES string of the molecule is C=CC(=O)C(N)(c1ccccc1C)[N+](C)(C)CCCN.[Cl-]. The van der Waals surface area contributed by atoms with Crippen molar-refractivity contribution in [3.05, 3.63) is 48.0 Å². The maximum absolute atomic E-state index is 12.5. The molecule has 0 amide bonds. The number of hydrogen-bond acceptors (Lipinski definition) is 3. The van der Waals surface area contributed by atoms with Crippen LogP contribution in [0.15, 0.2) is 36.9 Å². The van der Waals surface area contributed by atoms with Gasteiger partial charge >= 0.3 is 0 Å². The molecule has 21 heavy (non-hydrogen) atoms. The van der Waals surface area contributed by atoms with Crippen molar-refractivity contribution in [3.8, 4) is 0 Å². The first-order valence-electron chi connectivity index (χ1n) is 6.86. The Hall–Kier alpha value is -1.20. The van der Waals surface area contributed by atoms with Gasteiger partial charge in [0.25, 0.3) is 0 Å². The third-order valence-electron chi connectivity index (χ3n) is 3.99. The molecule has 1 rings (SSSR count). The third kappa shape index (κ3) is 3.71. The van der Waals surface area contributed by atoms with Crippen LogP contribution < -0.4 is 23.9 Å². The lowest BCUT2D eigenvalue weighted by Gasteiger charge is -2.45. The predicted octanol–water partition coefficient (Wildman–Crippen LogP) is -1.71. The van der Waals surface area contributed by atoms with Crippen LogP contribution in [0.1, 0.15) is 17.5 Å². The Balaban J connectivity index is 0.00000400. The van der Waals surface area contributed by atoms with Crippen molar-refractivity contribution in [2.45, 2.75) is 19.0 Å². The molecular weight excluding hydrogens is 286 g/mol. The number of nitrogens with two attached hydrogens (primary N) is 2. The van der Waals surface area contributed by atoms with Gasteiger partial charge in [0.2, 0.25) is 11.4 Å². The van der Waals surface area contributed by atoms with E-state index in [9.17, 15) is 4.79 Å². The highest BCUT2D eigenvalue weighted by molar-refractivity contribution is 5.97. The molecule has 0 radical (unpaired) electrons. The number of nitrogens with zero attached hydrogens (tertiary/aromatic N) is 1. The molecule has 4 N–H and O–H groups in total. The van der Waals surface area contributed by atoms with Crippen molar-refractivity contribution in [1.29, 1.82) is 0 Å². The van der Waals surface area contributed by atoms with Gasteiger partial charge in [-0.05, 0) is 25.1 Å². The fourth-order valence-corrected chi connectivity index (χ4v) is 2.58. The number of carbonyl (C=O) groups is 1. The maximum Gasteiger partial charge on any atom is 0.240 e. The van der Waals surface area contributed by atoms with Crippen LogP contribution >= 0.6 is 0 Å². The summed E-state index contributed by atoms with van der Waals surface area (Å²) in [6, 6.07) is 7.73. The molecule has 0 spiro atoms. The third-order valence-corrected chi connectivity index (χ3v) is 3.99. The summed E-state index contributed by atoms with van der Waals surface area (Å²) in [6.07, 6.45) is 2.12. The van der Waals surface area contributed by atoms with E-state index in [1.165, 1.54) is 6.08 Å². The average Bonchev–Trinajstić information content (AvgIpc) is 2.43. The zero-order chi connectivity index (χ0) is 15.4. The normalized spacial score (nSPS) is 14.0. The molecule has 0 fully saturated rings. The first-order valence-corrected chi connectivity index (χ1v) is 6.86. The van der Waals surface area contributed by atoms with E-state index in [0.717, 1.165) is 24.1 Å². The van der Waals surface area contributed by atoms with E-state index in [2.05, 4.69) is 6.58 Å². The lowest BCUT2D eigenvalue weighted by molar-refractivity contribution is -0.938. The van der Waals surface area contributed by atoms with Crippen LogP contribution in [-0.2, 0) is 10.5 Å². The number of aryl methyl sites for hydroxylation is 1. The molecule has 1 aromatic rings. The Labute approximate surface area is 133 Å². The number of likely N-dealkylation sites (N-methyl/N-ethyl adjacent to an activating group) is 1. The fourth-order valence-electron chi connectivity index (χ4n) is 2.58. The van der Waals surface area contributed by atoms with Crippen molar-refractivity contribution < 1.29 is 21.7 Å². The van der Waals surface area contributed by atoms with Crippen LogP contribution in [0.4, 0.5) is 0 Å². The Morgan fingerprint density at radius 1 is 1.38 bits per heavy atom. The second kappa shape index (κ2) is 7.71. The molecule has 0 aliphatic rings. The summed E-state index contributed by atoms with van der Waals surface area (Å²) in [7, 11) is 3.92. The highest BCUT2D eigenvalue weighted by atomic mass is 35.5. The summed E-state index contributed by atoms with van der Waals surface area (Å²) < 4.78 is 0.347. The lowest BCUT2D eigenvalue weighted by atomic mass is 9.88. The monoisotopic (exact) mass is 311 g/mol. The molecular formula is C16H26ClN3O. The molecule has 118 valence electrons. The number of benzene rings is 1. The maximum atomic E-state index is 12.5. The summed E-state index contributed by atoms with van der Waals surface area (Å²) in [5, 5.41) is 0. The number of rotatable bonds is 7. The van der Waals surface area contributed by atoms with E-state index in [-0.39, 0.29) is 18.2 Å². The Kier molecular flexibility index (Phi) is 7.27. The van der Waals surface area contributed by atoms with Gasteiger partial charge in [-0.1, -0.05) is 30.8 Å². The molecule has 0 bridgehead atoms. The molecule has 1 aromatic carbocycles. The van der Waals surface area contributed by atoms with Crippen LogP contribution in [-0.4, -0.2) is 37.5 Å². The van der Waals surface area contributed by atoms with Crippen molar-refractivity contribution in [3.63, 3.8) is 0 Å². The minimum absolute atomic E-state index is 0. The number of halogens is 1. The van der Waals surface area contributed by atoms with Crippen LogP contribution in [0.2, 0.25) is 0 Å². The van der Waals surface area contributed by atoms with Gasteiger partial charge in [0.1, 0.15) is 0 Å².